The number of aliphatic carboxylic acids is 1. The van der Waals surface area contributed by atoms with E-state index in [1.54, 1.807) is 5.38 Å². The predicted molar refractivity (Wildman–Crippen MR) is 72.5 cm³/mol. The van der Waals surface area contributed by atoms with E-state index in [0.717, 1.165) is 17.8 Å². The van der Waals surface area contributed by atoms with Crippen LogP contribution in [0.15, 0.2) is 5.38 Å². The first-order valence-corrected chi connectivity index (χ1v) is 7.38. The molecule has 104 valence electrons. The lowest BCUT2D eigenvalue weighted by atomic mass is 10.0. The fourth-order valence-electron chi connectivity index (χ4n) is 2.23. The van der Waals surface area contributed by atoms with Crippen molar-refractivity contribution in [1.82, 2.24) is 9.88 Å². The zero-order valence-corrected chi connectivity index (χ0v) is 11.9. The zero-order chi connectivity index (χ0) is 14.0. The van der Waals surface area contributed by atoms with Gasteiger partial charge in [0, 0.05) is 17.8 Å². The van der Waals surface area contributed by atoms with Gasteiger partial charge in [-0.2, -0.15) is 0 Å². The summed E-state index contributed by atoms with van der Waals surface area (Å²) >= 11 is 1.45. The summed E-state index contributed by atoms with van der Waals surface area (Å²) in [5.74, 6) is -0.897. The van der Waals surface area contributed by atoms with Crippen LogP contribution in [-0.4, -0.2) is 39.5 Å². The molecule has 0 unspecified atom stereocenters. The van der Waals surface area contributed by atoms with E-state index in [9.17, 15) is 14.7 Å². The van der Waals surface area contributed by atoms with Crippen molar-refractivity contribution >= 4 is 23.2 Å². The van der Waals surface area contributed by atoms with E-state index in [1.165, 1.54) is 16.2 Å². The van der Waals surface area contributed by atoms with Gasteiger partial charge in [-0.05, 0) is 19.3 Å². The van der Waals surface area contributed by atoms with Gasteiger partial charge in [0.05, 0.1) is 5.01 Å². The predicted octanol–water partition coefficient (Wildman–Crippen LogP) is 2.35. The maximum absolute atomic E-state index is 12.4. The Kier molecular flexibility index (Phi) is 4.19. The van der Waals surface area contributed by atoms with E-state index in [-0.39, 0.29) is 11.8 Å². The molecule has 0 spiro atoms. The molecule has 0 aliphatic carbocycles. The highest BCUT2D eigenvalue weighted by molar-refractivity contribution is 7.09. The minimum absolute atomic E-state index is 0.254. The van der Waals surface area contributed by atoms with Crippen molar-refractivity contribution < 1.29 is 14.7 Å². The molecular formula is C13H18N2O3S. The number of carbonyl (C=O) groups is 2. The van der Waals surface area contributed by atoms with Gasteiger partial charge in [0.2, 0.25) is 0 Å². The molecule has 0 aromatic carbocycles. The number of hydrogen-bond acceptors (Lipinski definition) is 4. The Balaban J connectivity index is 2.18. The summed E-state index contributed by atoms with van der Waals surface area (Å²) in [6, 6.07) is -0.703. The first kappa shape index (κ1) is 14.0. The van der Waals surface area contributed by atoms with Crippen molar-refractivity contribution in [3.05, 3.63) is 16.1 Å². The summed E-state index contributed by atoms with van der Waals surface area (Å²) in [6.45, 7) is 4.55. The number of hydrogen-bond donors (Lipinski definition) is 1. The van der Waals surface area contributed by atoms with Crippen molar-refractivity contribution in [3.63, 3.8) is 0 Å². The van der Waals surface area contributed by atoms with Crippen LogP contribution in [0.2, 0.25) is 0 Å². The lowest BCUT2D eigenvalue weighted by Crippen LogP contribution is -2.48. The fraction of sp³-hybridized carbons (Fsp3) is 0.615. The number of amides is 1. The average molecular weight is 282 g/mol. The van der Waals surface area contributed by atoms with Gasteiger partial charge in [-0.15, -0.1) is 11.3 Å². The van der Waals surface area contributed by atoms with Crippen LogP contribution < -0.4 is 0 Å². The molecule has 1 amide bonds. The van der Waals surface area contributed by atoms with Crippen molar-refractivity contribution in [3.8, 4) is 0 Å². The van der Waals surface area contributed by atoms with Gasteiger partial charge in [-0.3, -0.25) is 4.79 Å². The Morgan fingerprint density at radius 3 is 2.79 bits per heavy atom. The largest absolute Gasteiger partial charge is 0.480 e. The second kappa shape index (κ2) is 5.69. The summed E-state index contributed by atoms with van der Waals surface area (Å²) < 4.78 is 0. The summed E-state index contributed by atoms with van der Waals surface area (Å²) in [7, 11) is 0. The molecule has 1 aliphatic heterocycles. The van der Waals surface area contributed by atoms with Crippen LogP contribution >= 0.6 is 11.3 Å². The highest BCUT2D eigenvalue weighted by atomic mass is 32.1. The first-order valence-electron chi connectivity index (χ1n) is 6.50. The van der Waals surface area contributed by atoms with Crippen molar-refractivity contribution in [2.75, 3.05) is 6.54 Å². The number of thiazole rings is 1. The molecular weight excluding hydrogens is 264 g/mol. The third-order valence-corrected chi connectivity index (χ3v) is 4.43. The van der Waals surface area contributed by atoms with E-state index < -0.39 is 12.0 Å². The standard InChI is InChI=1S/C13H18N2O3S/c1-8(2)11-14-9(7-19-11)12(16)15-6-4-3-5-10(15)13(17)18/h7-8,10H,3-6H2,1-2H3,(H,17,18)/t10-/m1/s1. The molecule has 5 nitrogen and oxygen atoms in total. The smallest absolute Gasteiger partial charge is 0.326 e. The molecule has 1 aliphatic rings. The van der Waals surface area contributed by atoms with E-state index in [4.69, 9.17) is 0 Å². The molecule has 1 aromatic rings. The minimum Gasteiger partial charge on any atom is -0.480 e. The van der Waals surface area contributed by atoms with Crippen LogP contribution in [0.4, 0.5) is 0 Å². The molecule has 6 heteroatoms. The van der Waals surface area contributed by atoms with E-state index in [0.29, 0.717) is 18.7 Å². The molecule has 1 atom stereocenters. The van der Waals surface area contributed by atoms with E-state index in [2.05, 4.69) is 4.98 Å². The van der Waals surface area contributed by atoms with Crippen molar-refractivity contribution in [2.45, 2.75) is 45.1 Å². The maximum Gasteiger partial charge on any atom is 0.326 e. The molecule has 0 saturated carbocycles. The Labute approximate surface area is 116 Å². The van der Waals surface area contributed by atoms with Crippen LogP contribution in [0.5, 0.6) is 0 Å². The van der Waals surface area contributed by atoms with Gasteiger partial charge in [-0.25, -0.2) is 9.78 Å². The Morgan fingerprint density at radius 1 is 1.47 bits per heavy atom. The Hall–Kier alpha value is -1.43. The average Bonchev–Trinajstić information content (AvgIpc) is 2.87. The second-order valence-electron chi connectivity index (χ2n) is 5.07. The highest BCUT2D eigenvalue weighted by Crippen LogP contribution is 2.23. The lowest BCUT2D eigenvalue weighted by Gasteiger charge is -2.32. The number of aromatic nitrogens is 1. The maximum atomic E-state index is 12.4. The van der Waals surface area contributed by atoms with Gasteiger partial charge in [-0.1, -0.05) is 13.8 Å². The van der Waals surface area contributed by atoms with Gasteiger partial charge >= 0.3 is 5.97 Å². The molecule has 0 bridgehead atoms. The van der Waals surface area contributed by atoms with Crippen LogP contribution in [0.1, 0.15) is 54.5 Å². The third-order valence-electron chi connectivity index (χ3n) is 3.28. The molecule has 1 N–H and O–H groups in total. The molecule has 0 radical (unpaired) electrons. The van der Waals surface area contributed by atoms with Crippen LogP contribution in [-0.2, 0) is 4.79 Å². The number of nitrogens with zero attached hydrogens (tertiary/aromatic N) is 2. The minimum atomic E-state index is -0.924. The number of carbonyl (C=O) groups excluding carboxylic acids is 1. The van der Waals surface area contributed by atoms with E-state index in [1.807, 2.05) is 13.8 Å². The molecule has 1 saturated heterocycles. The summed E-state index contributed by atoms with van der Waals surface area (Å²) in [4.78, 5) is 29.3. The monoisotopic (exact) mass is 282 g/mol. The molecule has 2 rings (SSSR count). The summed E-state index contributed by atoms with van der Waals surface area (Å²) in [5, 5.41) is 11.8. The molecule has 1 fully saturated rings. The van der Waals surface area contributed by atoms with Crippen LogP contribution in [0, 0.1) is 0 Å². The van der Waals surface area contributed by atoms with Gasteiger partial charge in [0.1, 0.15) is 11.7 Å². The Bertz CT molecular complexity index is 484. The molecule has 19 heavy (non-hydrogen) atoms. The quantitative estimate of drug-likeness (QED) is 0.923. The third kappa shape index (κ3) is 2.94. The first-order chi connectivity index (χ1) is 9.00. The number of likely N-dealkylation sites (tertiary alicyclic amines) is 1. The lowest BCUT2D eigenvalue weighted by molar-refractivity contribution is -0.143. The summed E-state index contributed by atoms with van der Waals surface area (Å²) in [5.41, 5.74) is 0.377. The van der Waals surface area contributed by atoms with Gasteiger partial charge in [0.15, 0.2) is 0 Å². The number of carboxylic acids is 1. The Morgan fingerprint density at radius 2 is 2.21 bits per heavy atom. The number of piperidine rings is 1. The second-order valence-corrected chi connectivity index (χ2v) is 5.96. The SMILES string of the molecule is CC(C)c1nc(C(=O)N2CCCC[C@@H]2C(=O)O)cs1. The highest BCUT2D eigenvalue weighted by Gasteiger charge is 2.33. The molecule has 2 heterocycles. The number of rotatable bonds is 3. The topological polar surface area (TPSA) is 70.5 Å². The van der Waals surface area contributed by atoms with Crippen LogP contribution in [0.25, 0.3) is 0 Å². The normalized spacial score (nSPS) is 19.7. The van der Waals surface area contributed by atoms with Gasteiger partial charge in [0.25, 0.3) is 5.91 Å². The van der Waals surface area contributed by atoms with Crippen LogP contribution in [0.3, 0.4) is 0 Å². The molecule has 1 aromatic heterocycles. The van der Waals surface area contributed by atoms with E-state index >= 15 is 0 Å². The summed E-state index contributed by atoms with van der Waals surface area (Å²) in [6.07, 6.45) is 2.24. The van der Waals surface area contributed by atoms with Crippen molar-refractivity contribution in [2.24, 2.45) is 0 Å². The fourth-order valence-corrected chi connectivity index (χ4v) is 3.04. The number of carboxylic acid groups (broad SMARTS) is 1. The van der Waals surface area contributed by atoms with Crippen molar-refractivity contribution in [1.29, 1.82) is 0 Å². The van der Waals surface area contributed by atoms with Gasteiger partial charge < -0.3 is 10.0 Å². The zero-order valence-electron chi connectivity index (χ0n) is 11.1.